The molecule has 0 fully saturated rings. The fourth-order valence-corrected chi connectivity index (χ4v) is 3.37. The normalized spacial score (nSPS) is 10.5. The number of hydrogen-bond acceptors (Lipinski definition) is 2. The van der Waals surface area contributed by atoms with E-state index in [1.54, 1.807) is 11.3 Å². The molecular formula is C15H16INOS. The van der Waals surface area contributed by atoms with Gasteiger partial charge in [-0.05, 0) is 72.2 Å². The average molecular weight is 385 g/mol. The Balaban J connectivity index is 2.18. The molecule has 0 aliphatic rings. The van der Waals surface area contributed by atoms with Crippen LogP contribution in [0.5, 0.6) is 0 Å². The third kappa shape index (κ3) is 3.36. The minimum atomic E-state index is -0.0209. The summed E-state index contributed by atoms with van der Waals surface area (Å²) in [5, 5.41) is 2.96. The molecule has 0 bridgehead atoms. The zero-order valence-electron chi connectivity index (χ0n) is 11.2. The summed E-state index contributed by atoms with van der Waals surface area (Å²) in [6, 6.07) is 7.93. The molecule has 0 aliphatic carbocycles. The topological polar surface area (TPSA) is 29.1 Å². The van der Waals surface area contributed by atoms with Gasteiger partial charge >= 0.3 is 0 Å². The van der Waals surface area contributed by atoms with Gasteiger partial charge in [0.25, 0.3) is 5.91 Å². The van der Waals surface area contributed by atoms with Gasteiger partial charge < -0.3 is 5.32 Å². The number of benzene rings is 1. The number of carbonyl (C=O) groups excluding carboxylic acids is 1. The van der Waals surface area contributed by atoms with Crippen LogP contribution in [-0.2, 0) is 6.42 Å². The lowest BCUT2D eigenvalue weighted by Gasteiger charge is -2.05. The molecule has 0 unspecified atom stereocenters. The minimum absolute atomic E-state index is 0.0209. The summed E-state index contributed by atoms with van der Waals surface area (Å²) >= 11 is 3.86. The molecular weight excluding hydrogens is 369 g/mol. The largest absolute Gasteiger partial charge is 0.321 e. The van der Waals surface area contributed by atoms with Crippen LogP contribution in [0.4, 0.5) is 5.69 Å². The lowest BCUT2D eigenvalue weighted by molar-refractivity contribution is 0.103. The lowest BCUT2D eigenvalue weighted by Crippen LogP contribution is -2.10. The van der Waals surface area contributed by atoms with Crippen LogP contribution >= 0.6 is 33.9 Å². The Kier molecular flexibility index (Phi) is 4.62. The highest BCUT2D eigenvalue weighted by molar-refractivity contribution is 14.1. The van der Waals surface area contributed by atoms with Gasteiger partial charge in [-0.25, -0.2) is 0 Å². The Morgan fingerprint density at radius 3 is 2.58 bits per heavy atom. The molecule has 1 heterocycles. The Morgan fingerprint density at radius 2 is 2.00 bits per heavy atom. The minimum Gasteiger partial charge on any atom is -0.321 e. The zero-order chi connectivity index (χ0) is 14.0. The number of nitrogens with one attached hydrogen (secondary N) is 1. The van der Waals surface area contributed by atoms with Crippen molar-refractivity contribution in [2.24, 2.45) is 0 Å². The summed E-state index contributed by atoms with van der Waals surface area (Å²) in [5.41, 5.74) is 3.28. The van der Waals surface area contributed by atoms with E-state index in [-0.39, 0.29) is 5.91 Å². The molecule has 0 saturated heterocycles. The van der Waals surface area contributed by atoms with Crippen molar-refractivity contribution in [2.75, 3.05) is 5.32 Å². The van der Waals surface area contributed by atoms with E-state index in [0.717, 1.165) is 20.6 Å². The van der Waals surface area contributed by atoms with Crippen LogP contribution < -0.4 is 5.32 Å². The zero-order valence-corrected chi connectivity index (χ0v) is 14.2. The quantitative estimate of drug-likeness (QED) is 0.757. The van der Waals surface area contributed by atoms with Gasteiger partial charge in [0.2, 0.25) is 0 Å². The molecule has 0 atom stereocenters. The molecule has 100 valence electrons. The summed E-state index contributed by atoms with van der Waals surface area (Å²) < 4.78 is 1.16. The maximum absolute atomic E-state index is 12.2. The second kappa shape index (κ2) is 6.05. The van der Waals surface area contributed by atoms with Crippen molar-refractivity contribution < 1.29 is 4.79 Å². The first-order chi connectivity index (χ1) is 9.01. The van der Waals surface area contributed by atoms with Crippen molar-refractivity contribution in [3.05, 3.63) is 48.7 Å². The van der Waals surface area contributed by atoms with Crippen molar-refractivity contribution in [3.63, 3.8) is 0 Å². The SMILES string of the molecule is CCc1sc(C(=O)Nc2ccc(C)c(I)c2)cc1C. The molecule has 1 aromatic heterocycles. The molecule has 2 aromatic rings. The van der Waals surface area contributed by atoms with Gasteiger partial charge in [0.05, 0.1) is 4.88 Å². The first-order valence-corrected chi connectivity index (χ1v) is 8.07. The predicted octanol–water partition coefficient (Wildman–Crippen LogP) is 4.78. The summed E-state index contributed by atoms with van der Waals surface area (Å²) in [7, 11) is 0. The second-order valence-corrected chi connectivity index (χ2v) is 6.79. The van der Waals surface area contributed by atoms with Gasteiger partial charge in [-0.2, -0.15) is 0 Å². The molecule has 0 spiro atoms. The Morgan fingerprint density at radius 1 is 1.26 bits per heavy atom. The van der Waals surface area contributed by atoms with Crippen LogP contribution in [0.15, 0.2) is 24.3 Å². The highest BCUT2D eigenvalue weighted by Gasteiger charge is 2.12. The van der Waals surface area contributed by atoms with E-state index in [0.29, 0.717) is 0 Å². The Labute approximate surface area is 131 Å². The first-order valence-electron chi connectivity index (χ1n) is 6.18. The van der Waals surface area contributed by atoms with Crippen LogP contribution in [0, 0.1) is 17.4 Å². The lowest BCUT2D eigenvalue weighted by atomic mass is 10.2. The van der Waals surface area contributed by atoms with Gasteiger partial charge in [0, 0.05) is 14.1 Å². The molecule has 0 aliphatic heterocycles. The fraction of sp³-hybridized carbons (Fsp3) is 0.267. The molecule has 1 amide bonds. The third-order valence-electron chi connectivity index (χ3n) is 3.00. The van der Waals surface area contributed by atoms with Crippen LogP contribution in [-0.4, -0.2) is 5.91 Å². The highest BCUT2D eigenvalue weighted by atomic mass is 127. The van der Waals surface area contributed by atoms with Gasteiger partial charge in [0.1, 0.15) is 0 Å². The van der Waals surface area contributed by atoms with Gasteiger partial charge in [-0.3, -0.25) is 4.79 Å². The molecule has 19 heavy (non-hydrogen) atoms. The maximum atomic E-state index is 12.2. The summed E-state index contributed by atoms with van der Waals surface area (Å²) in [5.74, 6) is -0.0209. The van der Waals surface area contributed by atoms with Crippen molar-refractivity contribution in [2.45, 2.75) is 27.2 Å². The standard InChI is InChI=1S/C15H16INOS/c1-4-13-10(3)7-14(19-13)15(18)17-11-6-5-9(2)12(16)8-11/h5-8H,4H2,1-3H3,(H,17,18). The van der Waals surface area contributed by atoms with Gasteiger partial charge in [-0.1, -0.05) is 13.0 Å². The number of amides is 1. The smallest absolute Gasteiger partial charge is 0.265 e. The number of aryl methyl sites for hydroxylation is 3. The van der Waals surface area contributed by atoms with E-state index in [1.807, 2.05) is 24.3 Å². The number of halogens is 1. The maximum Gasteiger partial charge on any atom is 0.265 e. The van der Waals surface area contributed by atoms with Crippen molar-refractivity contribution in [1.82, 2.24) is 0 Å². The van der Waals surface area contributed by atoms with E-state index >= 15 is 0 Å². The summed E-state index contributed by atoms with van der Waals surface area (Å²) in [4.78, 5) is 14.3. The summed E-state index contributed by atoms with van der Waals surface area (Å²) in [6.07, 6.45) is 0.978. The molecule has 0 saturated carbocycles. The van der Waals surface area contributed by atoms with Gasteiger partial charge in [0.15, 0.2) is 0 Å². The van der Waals surface area contributed by atoms with Crippen LogP contribution in [0.25, 0.3) is 0 Å². The first kappa shape index (κ1) is 14.5. The molecule has 4 heteroatoms. The predicted molar refractivity (Wildman–Crippen MR) is 90.3 cm³/mol. The number of rotatable bonds is 3. The van der Waals surface area contributed by atoms with Crippen LogP contribution in [0.2, 0.25) is 0 Å². The van der Waals surface area contributed by atoms with Gasteiger partial charge in [-0.15, -0.1) is 11.3 Å². The van der Waals surface area contributed by atoms with Crippen molar-refractivity contribution >= 4 is 45.5 Å². The summed E-state index contributed by atoms with van der Waals surface area (Å²) in [6.45, 7) is 6.23. The Hall–Kier alpha value is -0.880. The fourth-order valence-electron chi connectivity index (χ4n) is 1.85. The average Bonchev–Trinajstić information content (AvgIpc) is 2.75. The molecule has 1 aromatic carbocycles. The number of thiophene rings is 1. The number of anilines is 1. The molecule has 2 rings (SSSR count). The molecule has 1 N–H and O–H groups in total. The molecule has 0 radical (unpaired) electrons. The van der Waals surface area contributed by atoms with Crippen molar-refractivity contribution in [3.8, 4) is 0 Å². The Bertz CT molecular complexity index is 619. The van der Waals surface area contributed by atoms with Crippen molar-refractivity contribution in [1.29, 1.82) is 0 Å². The number of carbonyl (C=O) groups is 1. The third-order valence-corrected chi connectivity index (χ3v) is 5.54. The van der Waals surface area contributed by atoms with E-state index in [4.69, 9.17) is 0 Å². The van der Waals surface area contributed by atoms with E-state index < -0.39 is 0 Å². The highest BCUT2D eigenvalue weighted by Crippen LogP contribution is 2.24. The molecule has 2 nitrogen and oxygen atoms in total. The van der Waals surface area contributed by atoms with E-state index in [9.17, 15) is 4.79 Å². The van der Waals surface area contributed by atoms with Crippen LogP contribution in [0.3, 0.4) is 0 Å². The second-order valence-electron chi connectivity index (χ2n) is 4.49. The van der Waals surface area contributed by atoms with Crippen LogP contribution in [0.1, 0.15) is 32.6 Å². The monoisotopic (exact) mass is 385 g/mol. The van der Waals surface area contributed by atoms with E-state index in [2.05, 4.69) is 48.7 Å². The van der Waals surface area contributed by atoms with E-state index in [1.165, 1.54) is 16.0 Å². The number of hydrogen-bond donors (Lipinski definition) is 1.